The molecule has 0 atom stereocenters. The van der Waals surface area contributed by atoms with Crippen molar-refractivity contribution in [2.75, 3.05) is 12.4 Å². The standard InChI is InChI=1S/C16H17N3O2S/c1-11(2)9-21-15(20)10-22-16-18-17-14-8-7-12-5-3-4-6-13(12)19(14)16/h3-8,11H,9-10H2,1-2H3. The predicted octanol–water partition coefficient (Wildman–Crippen LogP) is 3.17. The van der Waals surface area contributed by atoms with E-state index in [0.29, 0.717) is 17.7 Å². The number of nitrogens with zero attached hydrogens (tertiary/aromatic N) is 3. The molecule has 0 aliphatic carbocycles. The lowest BCUT2D eigenvalue weighted by Crippen LogP contribution is -2.12. The summed E-state index contributed by atoms with van der Waals surface area (Å²) in [5.41, 5.74) is 1.81. The molecule has 0 aliphatic rings. The van der Waals surface area contributed by atoms with Gasteiger partial charge >= 0.3 is 5.97 Å². The highest BCUT2D eigenvalue weighted by molar-refractivity contribution is 7.99. The minimum atomic E-state index is -0.226. The van der Waals surface area contributed by atoms with E-state index in [1.807, 2.05) is 54.6 Å². The van der Waals surface area contributed by atoms with Crippen LogP contribution in [-0.2, 0) is 9.53 Å². The van der Waals surface area contributed by atoms with Gasteiger partial charge in [-0.3, -0.25) is 9.20 Å². The Hall–Kier alpha value is -2.08. The first-order valence-electron chi connectivity index (χ1n) is 7.16. The van der Waals surface area contributed by atoms with Crippen LogP contribution in [-0.4, -0.2) is 32.9 Å². The van der Waals surface area contributed by atoms with Crippen LogP contribution in [0.2, 0.25) is 0 Å². The van der Waals surface area contributed by atoms with E-state index in [1.54, 1.807) is 0 Å². The molecule has 5 nitrogen and oxygen atoms in total. The number of carbonyl (C=O) groups excluding carboxylic acids is 1. The molecule has 0 aliphatic heterocycles. The van der Waals surface area contributed by atoms with Gasteiger partial charge in [0.2, 0.25) is 0 Å². The third-order valence-electron chi connectivity index (χ3n) is 3.14. The highest BCUT2D eigenvalue weighted by Crippen LogP contribution is 2.23. The van der Waals surface area contributed by atoms with Crippen LogP contribution in [0.4, 0.5) is 0 Å². The van der Waals surface area contributed by atoms with Crippen molar-refractivity contribution in [3.05, 3.63) is 36.4 Å². The fourth-order valence-electron chi connectivity index (χ4n) is 2.13. The molecule has 114 valence electrons. The highest BCUT2D eigenvalue weighted by atomic mass is 32.2. The summed E-state index contributed by atoms with van der Waals surface area (Å²) in [4.78, 5) is 11.7. The first-order valence-corrected chi connectivity index (χ1v) is 8.15. The third kappa shape index (κ3) is 3.06. The van der Waals surface area contributed by atoms with Crippen molar-refractivity contribution in [2.24, 2.45) is 5.92 Å². The van der Waals surface area contributed by atoms with Crippen molar-refractivity contribution >= 4 is 34.3 Å². The lowest BCUT2D eigenvalue weighted by Gasteiger charge is -2.07. The Labute approximate surface area is 132 Å². The zero-order chi connectivity index (χ0) is 15.5. The van der Waals surface area contributed by atoms with Gasteiger partial charge in [-0.25, -0.2) is 0 Å². The molecule has 0 fully saturated rings. The first-order chi connectivity index (χ1) is 10.6. The molecule has 3 rings (SSSR count). The van der Waals surface area contributed by atoms with Gasteiger partial charge in [-0.1, -0.05) is 43.8 Å². The Balaban J connectivity index is 1.82. The molecule has 0 saturated heterocycles. The number of ether oxygens (including phenoxy) is 1. The number of para-hydroxylation sites is 1. The van der Waals surface area contributed by atoms with E-state index in [-0.39, 0.29) is 11.7 Å². The number of hydrogen-bond acceptors (Lipinski definition) is 5. The lowest BCUT2D eigenvalue weighted by molar-refractivity contribution is -0.141. The van der Waals surface area contributed by atoms with Gasteiger partial charge in [-0.15, -0.1) is 10.2 Å². The summed E-state index contributed by atoms with van der Waals surface area (Å²) >= 11 is 1.35. The minimum absolute atomic E-state index is 0.226. The van der Waals surface area contributed by atoms with Crippen molar-refractivity contribution in [1.82, 2.24) is 14.6 Å². The average molecular weight is 315 g/mol. The summed E-state index contributed by atoms with van der Waals surface area (Å²) < 4.78 is 7.15. The monoisotopic (exact) mass is 315 g/mol. The zero-order valence-electron chi connectivity index (χ0n) is 12.5. The molecule has 22 heavy (non-hydrogen) atoms. The Kier molecular flexibility index (Phi) is 4.29. The van der Waals surface area contributed by atoms with Crippen molar-refractivity contribution in [3.63, 3.8) is 0 Å². The van der Waals surface area contributed by atoms with Crippen LogP contribution in [0.1, 0.15) is 13.8 Å². The summed E-state index contributed by atoms with van der Waals surface area (Å²) in [5, 5.41) is 10.2. The van der Waals surface area contributed by atoms with E-state index in [0.717, 1.165) is 16.6 Å². The second kappa shape index (κ2) is 6.36. The average Bonchev–Trinajstić information content (AvgIpc) is 2.94. The normalized spacial score (nSPS) is 11.4. The summed E-state index contributed by atoms with van der Waals surface area (Å²) in [5.74, 6) is 0.346. The Morgan fingerprint density at radius 1 is 1.23 bits per heavy atom. The van der Waals surface area contributed by atoms with Gasteiger partial charge in [-0.05, 0) is 29.5 Å². The van der Waals surface area contributed by atoms with E-state index in [4.69, 9.17) is 4.74 Å². The molecule has 2 aromatic heterocycles. The SMILES string of the molecule is CC(C)COC(=O)CSc1nnc2ccc3ccccc3n12. The van der Waals surface area contributed by atoms with Gasteiger partial charge in [-0.2, -0.15) is 0 Å². The van der Waals surface area contributed by atoms with Gasteiger partial charge in [0.05, 0.1) is 17.9 Å². The second-order valence-corrected chi connectivity index (χ2v) is 6.38. The van der Waals surface area contributed by atoms with Crippen LogP contribution >= 0.6 is 11.8 Å². The molecule has 2 heterocycles. The van der Waals surface area contributed by atoms with E-state index in [1.165, 1.54) is 11.8 Å². The Bertz CT molecular complexity index is 813. The number of carbonyl (C=O) groups is 1. The number of rotatable bonds is 5. The number of benzene rings is 1. The Morgan fingerprint density at radius 2 is 2.05 bits per heavy atom. The topological polar surface area (TPSA) is 56.5 Å². The summed E-state index contributed by atoms with van der Waals surface area (Å²) in [6.07, 6.45) is 0. The van der Waals surface area contributed by atoms with Gasteiger partial charge in [0.25, 0.3) is 0 Å². The molecule has 0 radical (unpaired) electrons. The van der Waals surface area contributed by atoms with Crippen LogP contribution in [0, 0.1) is 5.92 Å². The first kappa shape index (κ1) is 14.8. The minimum Gasteiger partial charge on any atom is -0.465 e. The molecular weight excluding hydrogens is 298 g/mol. The largest absolute Gasteiger partial charge is 0.465 e. The number of thioether (sulfide) groups is 1. The van der Waals surface area contributed by atoms with Gasteiger partial charge < -0.3 is 4.74 Å². The smallest absolute Gasteiger partial charge is 0.316 e. The number of aromatic nitrogens is 3. The maximum atomic E-state index is 11.7. The van der Waals surface area contributed by atoms with E-state index < -0.39 is 0 Å². The van der Waals surface area contributed by atoms with E-state index >= 15 is 0 Å². The van der Waals surface area contributed by atoms with Crippen LogP contribution < -0.4 is 0 Å². The molecule has 1 aromatic carbocycles. The molecule has 0 bridgehead atoms. The van der Waals surface area contributed by atoms with Crippen LogP contribution in [0.3, 0.4) is 0 Å². The number of pyridine rings is 1. The van der Waals surface area contributed by atoms with Gasteiger partial charge in [0, 0.05) is 0 Å². The molecule has 6 heteroatoms. The van der Waals surface area contributed by atoms with Crippen LogP contribution in [0.5, 0.6) is 0 Å². The molecule has 0 saturated carbocycles. The highest BCUT2D eigenvalue weighted by Gasteiger charge is 2.12. The van der Waals surface area contributed by atoms with E-state index in [9.17, 15) is 4.79 Å². The van der Waals surface area contributed by atoms with E-state index in [2.05, 4.69) is 10.2 Å². The quantitative estimate of drug-likeness (QED) is 0.534. The summed E-state index contributed by atoms with van der Waals surface area (Å²) in [6, 6.07) is 12.0. The molecular formula is C16H17N3O2S. The van der Waals surface area contributed by atoms with Crippen molar-refractivity contribution in [2.45, 2.75) is 19.0 Å². The van der Waals surface area contributed by atoms with Crippen molar-refractivity contribution in [3.8, 4) is 0 Å². The van der Waals surface area contributed by atoms with Crippen LogP contribution in [0.15, 0.2) is 41.6 Å². The molecule has 0 N–H and O–H groups in total. The van der Waals surface area contributed by atoms with Gasteiger partial charge in [0.15, 0.2) is 10.8 Å². The summed E-state index contributed by atoms with van der Waals surface area (Å²) in [6.45, 7) is 4.47. The van der Waals surface area contributed by atoms with Crippen molar-refractivity contribution < 1.29 is 9.53 Å². The molecule has 3 aromatic rings. The number of hydrogen-bond donors (Lipinski definition) is 0. The number of fused-ring (bicyclic) bond motifs is 3. The molecule has 0 unspecified atom stereocenters. The zero-order valence-corrected chi connectivity index (χ0v) is 13.3. The Morgan fingerprint density at radius 3 is 2.86 bits per heavy atom. The molecule has 0 amide bonds. The lowest BCUT2D eigenvalue weighted by atomic mass is 10.2. The third-order valence-corrected chi connectivity index (χ3v) is 4.05. The van der Waals surface area contributed by atoms with Crippen LogP contribution in [0.25, 0.3) is 16.6 Å². The van der Waals surface area contributed by atoms with Crippen molar-refractivity contribution in [1.29, 1.82) is 0 Å². The predicted molar refractivity (Wildman–Crippen MR) is 87.0 cm³/mol. The molecule has 0 spiro atoms. The fourth-order valence-corrected chi connectivity index (χ4v) is 2.88. The fraction of sp³-hybridized carbons (Fsp3) is 0.312. The van der Waals surface area contributed by atoms with Gasteiger partial charge in [0.1, 0.15) is 0 Å². The second-order valence-electron chi connectivity index (χ2n) is 5.43. The maximum Gasteiger partial charge on any atom is 0.316 e. The number of esters is 1. The maximum absolute atomic E-state index is 11.7. The summed E-state index contributed by atoms with van der Waals surface area (Å²) in [7, 11) is 0.